The molecule has 4 heteroatoms. The van der Waals surface area contributed by atoms with Crippen LogP contribution in [-0.4, -0.2) is 36.7 Å². The summed E-state index contributed by atoms with van der Waals surface area (Å²) < 4.78 is 5.21. The van der Waals surface area contributed by atoms with E-state index < -0.39 is 0 Å². The normalized spacial score (nSPS) is 23.8. The van der Waals surface area contributed by atoms with Gasteiger partial charge >= 0.3 is 0 Å². The summed E-state index contributed by atoms with van der Waals surface area (Å²) in [5.41, 5.74) is 0.502. The maximum Gasteiger partial charge on any atom is 0.157 e. The summed E-state index contributed by atoms with van der Waals surface area (Å²) in [5, 5.41) is 4.59. The Morgan fingerprint density at radius 2 is 2.12 bits per heavy atom. The van der Waals surface area contributed by atoms with E-state index >= 15 is 0 Å². The molecule has 0 aromatic rings. The van der Waals surface area contributed by atoms with Gasteiger partial charge in [-0.2, -0.15) is 0 Å². The van der Waals surface area contributed by atoms with Gasteiger partial charge in [-0.05, 0) is 32.1 Å². The first-order valence-corrected chi connectivity index (χ1v) is 7.48. The molecular weight excluding hydrogens is 232 g/mol. The van der Waals surface area contributed by atoms with Gasteiger partial charge < -0.3 is 10.1 Å². The van der Waals surface area contributed by atoms with Gasteiger partial charge in [0.15, 0.2) is 5.17 Å². The molecule has 98 valence electrons. The molecule has 2 aliphatic rings. The van der Waals surface area contributed by atoms with Gasteiger partial charge in [-0.3, -0.25) is 4.99 Å². The van der Waals surface area contributed by atoms with Crippen LogP contribution in [0.15, 0.2) is 4.99 Å². The summed E-state index contributed by atoms with van der Waals surface area (Å²) in [6.07, 6.45) is 5.54. The number of nitrogens with one attached hydrogen (secondary N) is 1. The second-order valence-electron chi connectivity index (χ2n) is 6.06. The maximum atomic E-state index is 5.21. The lowest BCUT2D eigenvalue weighted by Gasteiger charge is -2.34. The lowest BCUT2D eigenvalue weighted by Crippen LogP contribution is -2.47. The third-order valence-electron chi connectivity index (χ3n) is 3.69. The SMILES string of the molecule is COCC(C)(C)NC1=NCC2(CCCC2)CS1. The molecule has 2 rings (SSSR count). The van der Waals surface area contributed by atoms with Crippen molar-refractivity contribution in [3.05, 3.63) is 0 Å². The van der Waals surface area contributed by atoms with Crippen LogP contribution in [0.25, 0.3) is 0 Å². The molecule has 17 heavy (non-hydrogen) atoms. The van der Waals surface area contributed by atoms with Crippen molar-refractivity contribution in [1.82, 2.24) is 5.32 Å². The van der Waals surface area contributed by atoms with Crippen LogP contribution in [0.5, 0.6) is 0 Å². The standard InChI is InChI=1S/C13H24N2OS/c1-12(2,9-16-3)15-11-14-8-13(10-17-11)6-4-5-7-13/h4-10H2,1-3H3,(H,14,15). The molecule has 1 aliphatic heterocycles. The molecule has 0 amide bonds. The zero-order valence-corrected chi connectivity index (χ0v) is 12.0. The first-order valence-electron chi connectivity index (χ1n) is 6.50. The number of amidine groups is 1. The molecule has 1 spiro atoms. The second kappa shape index (κ2) is 5.19. The Balaban J connectivity index is 1.90. The highest BCUT2D eigenvalue weighted by Crippen LogP contribution is 2.43. The van der Waals surface area contributed by atoms with E-state index in [1.54, 1.807) is 7.11 Å². The minimum absolute atomic E-state index is 0.0270. The van der Waals surface area contributed by atoms with E-state index in [0.717, 1.165) is 11.7 Å². The fraction of sp³-hybridized carbons (Fsp3) is 0.923. The molecule has 0 atom stereocenters. The predicted octanol–water partition coefficient (Wildman–Crippen LogP) is 2.66. The molecule has 3 nitrogen and oxygen atoms in total. The summed E-state index contributed by atoms with van der Waals surface area (Å²) in [7, 11) is 1.74. The largest absolute Gasteiger partial charge is 0.382 e. The van der Waals surface area contributed by atoms with Gasteiger partial charge in [-0.15, -0.1) is 0 Å². The van der Waals surface area contributed by atoms with Crippen LogP contribution < -0.4 is 5.32 Å². The lowest BCUT2D eigenvalue weighted by molar-refractivity contribution is 0.140. The number of aliphatic imine (C=N–C) groups is 1. The fourth-order valence-corrected chi connectivity index (χ4v) is 4.07. The maximum absolute atomic E-state index is 5.21. The number of nitrogens with zero attached hydrogens (tertiary/aromatic N) is 1. The predicted molar refractivity (Wildman–Crippen MR) is 74.8 cm³/mol. The molecule has 1 aliphatic carbocycles. The smallest absolute Gasteiger partial charge is 0.157 e. The molecule has 0 bridgehead atoms. The van der Waals surface area contributed by atoms with Gasteiger partial charge in [0, 0.05) is 19.4 Å². The van der Waals surface area contributed by atoms with E-state index in [-0.39, 0.29) is 5.54 Å². The van der Waals surface area contributed by atoms with Crippen molar-refractivity contribution in [3.8, 4) is 0 Å². The molecule has 1 saturated carbocycles. The van der Waals surface area contributed by atoms with Gasteiger partial charge in [0.2, 0.25) is 0 Å². The van der Waals surface area contributed by atoms with Gasteiger partial charge in [0.05, 0.1) is 12.1 Å². The van der Waals surface area contributed by atoms with Gasteiger partial charge in [0.1, 0.15) is 0 Å². The zero-order chi connectivity index (χ0) is 12.4. The van der Waals surface area contributed by atoms with Crippen LogP contribution >= 0.6 is 11.8 Å². The molecule has 0 aromatic carbocycles. The summed E-state index contributed by atoms with van der Waals surface area (Å²) in [6.45, 7) is 6.03. The molecule has 0 saturated heterocycles. The van der Waals surface area contributed by atoms with E-state index in [1.807, 2.05) is 11.8 Å². The summed E-state index contributed by atoms with van der Waals surface area (Å²) >= 11 is 1.90. The number of hydrogen-bond donors (Lipinski definition) is 1. The fourth-order valence-electron chi connectivity index (χ4n) is 2.74. The third kappa shape index (κ3) is 3.38. The van der Waals surface area contributed by atoms with Crippen molar-refractivity contribution in [1.29, 1.82) is 0 Å². The third-order valence-corrected chi connectivity index (χ3v) is 4.95. The highest BCUT2D eigenvalue weighted by Gasteiger charge is 2.37. The number of rotatable bonds is 3. The number of thioether (sulfide) groups is 1. The molecule has 0 radical (unpaired) electrons. The lowest BCUT2D eigenvalue weighted by atomic mass is 9.89. The Morgan fingerprint density at radius 3 is 2.65 bits per heavy atom. The molecular formula is C13H24N2OS. The van der Waals surface area contributed by atoms with Crippen molar-refractivity contribution in [3.63, 3.8) is 0 Å². The Morgan fingerprint density at radius 1 is 1.41 bits per heavy atom. The van der Waals surface area contributed by atoms with Crippen LogP contribution in [0.2, 0.25) is 0 Å². The number of hydrogen-bond acceptors (Lipinski definition) is 4. The summed E-state index contributed by atoms with van der Waals surface area (Å²) in [4.78, 5) is 4.75. The summed E-state index contributed by atoms with van der Waals surface area (Å²) in [6, 6.07) is 0. The Bertz CT molecular complexity index is 296. The van der Waals surface area contributed by atoms with Gasteiger partial charge in [0.25, 0.3) is 0 Å². The van der Waals surface area contributed by atoms with E-state index in [0.29, 0.717) is 12.0 Å². The average Bonchev–Trinajstić information content (AvgIpc) is 2.70. The monoisotopic (exact) mass is 256 g/mol. The molecule has 1 N–H and O–H groups in total. The van der Waals surface area contributed by atoms with Crippen LogP contribution in [0, 0.1) is 5.41 Å². The van der Waals surface area contributed by atoms with Crippen molar-refractivity contribution in [2.75, 3.05) is 26.0 Å². The van der Waals surface area contributed by atoms with Crippen molar-refractivity contribution < 1.29 is 4.74 Å². The Labute approximate surface area is 109 Å². The van der Waals surface area contributed by atoms with E-state index in [9.17, 15) is 0 Å². The number of methoxy groups -OCH3 is 1. The highest BCUT2D eigenvalue weighted by molar-refractivity contribution is 8.13. The van der Waals surface area contributed by atoms with Crippen LogP contribution in [0.1, 0.15) is 39.5 Å². The van der Waals surface area contributed by atoms with Gasteiger partial charge in [-0.25, -0.2) is 0 Å². The van der Waals surface area contributed by atoms with Crippen LogP contribution in [-0.2, 0) is 4.74 Å². The second-order valence-corrected chi connectivity index (χ2v) is 7.02. The topological polar surface area (TPSA) is 33.6 Å². The molecule has 0 unspecified atom stereocenters. The highest BCUT2D eigenvalue weighted by atomic mass is 32.2. The van der Waals surface area contributed by atoms with Crippen LogP contribution in [0.3, 0.4) is 0 Å². The van der Waals surface area contributed by atoms with Crippen molar-refractivity contribution in [2.24, 2.45) is 10.4 Å². The van der Waals surface area contributed by atoms with Gasteiger partial charge in [-0.1, -0.05) is 24.6 Å². The van der Waals surface area contributed by atoms with Crippen LogP contribution in [0.4, 0.5) is 0 Å². The minimum atomic E-state index is -0.0270. The first kappa shape index (κ1) is 13.2. The van der Waals surface area contributed by atoms with E-state index in [2.05, 4.69) is 19.2 Å². The number of ether oxygens (including phenoxy) is 1. The van der Waals surface area contributed by atoms with E-state index in [4.69, 9.17) is 9.73 Å². The molecule has 1 fully saturated rings. The first-order chi connectivity index (χ1) is 8.05. The van der Waals surface area contributed by atoms with Crippen molar-refractivity contribution in [2.45, 2.75) is 45.1 Å². The Kier molecular flexibility index (Phi) is 4.03. The van der Waals surface area contributed by atoms with Crippen molar-refractivity contribution >= 4 is 16.9 Å². The summed E-state index contributed by atoms with van der Waals surface area (Å²) in [5.74, 6) is 1.24. The molecule has 1 heterocycles. The zero-order valence-electron chi connectivity index (χ0n) is 11.2. The molecule has 0 aromatic heterocycles. The average molecular weight is 256 g/mol. The Hall–Kier alpha value is -0.220. The van der Waals surface area contributed by atoms with E-state index in [1.165, 1.54) is 31.4 Å². The quantitative estimate of drug-likeness (QED) is 0.843. The minimum Gasteiger partial charge on any atom is -0.382 e.